The Bertz CT molecular complexity index is 254. The van der Waals surface area contributed by atoms with Gasteiger partial charge in [0.2, 0.25) is 0 Å². The molecule has 0 bridgehead atoms. The van der Waals surface area contributed by atoms with E-state index in [1.54, 1.807) is 0 Å². The molecule has 2 N–H and O–H groups in total. The number of hydrogen-bond acceptors (Lipinski definition) is 2. The molecule has 0 aliphatic carbocycles. The Balaban J connectivity index is 0.00000324. The molecule has 0 aromatic heterocycles. The molecule has 0 aromatic carbocycles. The van der Waals surface area contributed by atoms with Crippen LogP contribution in [0.15, 0.2) is 4.99 Å². The highest BCUT2D eigenvalue weighted by Crippen LogP contribution is 2.12. The molecule has 4 nitrogen and oxygen atoms in total. The van der Waals surface area contributed by atoms with Gasteiger partial charge in [-0.1, -0.05) is 26.7 Å². The van der Waals surface area contributed by atoms with Gasteiger partial charge in [0.05, 0.1) is 0 Å². The molecule has 1 aliphatic heterocycles. The second kappa shape index (κ2) is 10.7. The lowest BCUT2D eigenvalue weighted by atomic mass is 10.0. The molecule has 5 heteroatoms. The highest BCUT2D eigenvalue weighted by atomic mass is 127. The first kappa shape index (κ1) is 19.0. The van der Waals surface area contributed by atoms with Gasteiger partial charge >= 0.3 is 0 Å². The van der Waals surface area contributed by atoms with E-state index in [0.29, 0.717) is 0 Å². The van der Waals surface area contributed by atoms with Crippen LogP contribution in [0.5, 0.6) is 0 Å². The van der Waals surface area contributed by atoms with Gasteiger partial charge in [0.15, 0.2) is 5.96 Å². The monoisotopic (exact) mass is 382 g/mol. The number of nitrogens with zero attached hydrogens (tertiary/aromatic N) is 2. The van der Waals surface area contributed by atoms with Gasteiger partial charge in [-0.15, -0.1) is 24.0 Å². The fourth-order valence-corrected chi connectivity index (χ4v) is 2.47. The van der Waals surface area contributed by atoms with Gasteiger partial charge in [0.25, 0.3) is 0 Å². The normalized spacial score (nSPS) is 20.5. The second-order valence-corrected chi connectivity index (χ2v) is 5.43. The molecule has 1 rings (SSSR count). The Labute approximate surface area is 135 Å². The van der Waals surface area contributed by atoms with Crippen LogP contribution in [0.2, 0.25) is 0 Å². The van der Waals surface area contributed by atoms with Crippen LogP contribution in [0.3, 0.4) is 0 Å². The number of guanidine groups is 1. The van der Waals surface area contributed by atoms with Crippen LogP contribution in [-0.2, 0) is 0 Å². The van der Waals surface area contributed by atoms with Crippen molar-refractivity contribution in [1.29, 1.82) is 0 Å². The van der Waals surface area contributed by atoms with E-state index in [9.17, 15) is 0 Å². The molecule has 1 fully saturated rings. The van der Waals surface area contributed by atoms with Crippen molar-refractivity contribution in [3.63, 3.8) is 0 Å². The Morgan fingerprint density at radius 3 is 2.47 bits per heavy atom. The predicted molar refractivity (Wildman–Crippen MR) is 94.5 cm³/mol. The van der Waals surface area contributed by atoms with Gasteiger partial charge in [-0.25, -0.2) is 0 Å². The molecule has 1 unspecified atom stereocenters. The van der Waals surface area contributed by atoms with E-state index >= 15 is 0 Å². The van der Waals surface area contributed by atoms with Gasteiger partial charge in [-0.2, -0.15) is 0 Å². The average Bonchev–Trinajstić information content (AvgIpc) is 2.80. The molecule has 0 radical (unpaired) electrons. The van der Waals surface area contributed by atoms with Crippen molar-refractivity contribution >= 4 is 29.9 Å². The Hall–Kier alpha value is -0.0400. The fraction of sp³-hybridized carbons (Fsp3) is 0.929. The molecule has 0 amide bonds. The summed E-state index contributed by atoms with van der Waals surface area (Å²) in [7, 11) is 4.04. The highest BCUT2D eigenvalue weighted by Gasteiger charge is 2.19. The first-order valence-electron chi connectivity index (χ1n) is 7.32. The maximum atomic E-state index is 4.29. The van der Waals surface area contributed by atoms with E-state index in [4.69, 9.17) is 0 Å². The van der Waals surface area contributed by atoms with E-state index < -0.39 is 0 Å². The van der Waals surface area contributed by atoms with Crippen molar-refractivity contribution in [3.8, 4) is 0 Å². The molecule has 1 atom stereocenters. The summed E-state index contributed by atoms with van der Waals surface area (Å²) in [5, 5.41) is 6.88. The van der Waals surface area contributed by atoms with Crippen LogP contribution >= 0.6 is 24.0 Å². The van der Waals surface area contributed by atoms with E-state index in [1.807, 2.05) is 7.05 Å². The van der Waals surface area contributed by atoms with Gasteiger partial charge in [0, 0.05) is 26.7 Å². The minimum absolute atomic E-state index is 0. The molecular weight excluding hydrogens is 351 g/mol. The zero-order chi connectivity index (χ0) is 13.4. The largest absolute Gasteiger partial charge is 0.356 e. The third kappa shape index (κ3) is 7.34. The van der Waals surface area contributed by atoms with Crippen LogP contribution in [0.25, 0.3) is 0 Å². The standard InChI is InChI=1S/C14H30N4.HI/c1-5-12(6-2)9-16-14(15-3)17-10-13-7-8-18(4)11-13;/h12-13H,5-11H2,1-4H3,(H2,15,16,17);1H. The first-order valence-corrected chi connectivity index (χ1v) is 7.32. The highest BCUT2D eigenvalue weighted by molar-refractivity contribution is 14.0. The van der Waals surface area contributed by atoms with E-state index in [1.165, 1.54) is 32.4 Å². The Kier molecular flexibility index (Phi) is 10.7. The first-order chi connectivity index (χ1) is 8.69. The quantitative estimate of drug-likeness (QED) is 0.420. The number of aliphatic imine (C=N–C) groups is 1. The lowest BCUT2D eigenvalue weighted by Gasteiger charge is -2.18. The maximum Gasteiger partial charge on any atom is 0.190 e. The zero-order valence-corrected chi connectivity index (χ0v) is 15.2. The number of nitrogens with one attached hydrogen (secondary N) is 2. The van der Waals surface area contributed by atoms with Crippen LogP contribution in [0, 0.1) is 11.8 Å². The lowest BCUT2D eigenvalue weighted by Crippen LogP contribution is -2.42. The SMILES string of the molecule is CCC(CC)CNC(=NC)NCC1CCN(C)C1.I. The molecule has 19 heavy (non-hydrogen) atoms. The van der Waals surface area contributed by atoms with Crippen LogP contribution < -0.4 is 10.6 Å². The van der Waals surface area contributed by atoms with Gasteiger partial charge in [-0.3, -0.25) is 4.99 Å². The maximum absolute atomic E-state index is 4.29. The van der Waals surface area contributed by atoms with E-state index in [0.717, 1.165) is 30.9 Å². The fourth-order valence-electron chi connectivity index (χ4n) is 2.47. The van der Waals surface area contributed by atoms with E-state index in [-0.39, 0.29) is 24.0 Å². The number of halogens is 1. The molecule has 114 valence electrons. The molecule has 1 saturated heterocycles. The minimum atomic E-state index is 0. The molecule has 0 saturated carbocycles. The summed E-state index contributed by atoms with van der Waals surface area (Å²) in [5.41, 5.74) is 0. The minimum Gasteiger partial charge on any atom is -0.356 e. The topological polar surface area (TPSA) is 39.7 Å². The van der Waals surface area contributed by atoms with Crippen molar-refractivity contribution in [1.82, 2.24) is 15.5 Å². The Morgan fingerprint density at radius 1 is 1.32 bits per heavy atom. The summed E-state index contributed by atoms with van der Waals surface area (Å²) in [5.74, 6) is 2.47. The summed E-state index contributed by atoms with van der Waals surface area (Å²) >= 11 is 0. The van der Waals surface area contributed by atoms with Crippen LogP contribution in [0.1, 0.15) is 33.1 Å². The van der Waals surface area contributed by atoms with E-state index in [2.05, 4.69) is 41.4 Å². The lowest BCUT2D eigenvalue weighted by molar-refractivity contribution is 0.393. The van der Waals surface area contributed by atoms with Crippen molar-refractivity contribution < 1.29 is 0 Å². The Morgan fingerprint density at radius 2 is 2.00 bits per heavy atom. The van der Waals surface area contributed by atoms with Gasteiger partial charge in [0.1, 0.15) is 0 Å². The smallest absolute Gasteiger partial charge is 0.190 e. The molecule has 0 spiro atoms. The second-order valence-electron chi connectivity index (χ2n) is 5.43. The third-order valence-corrected chi connectivity index (χ3v) is 3.98. The van der Waals surface area contributed by atoms with Crippen molar-refractivity contribution in [3.05, 3.63) is 0 Å². The summed E-state index contributed by atoms with van der Waals surface area (Å²) in [6.07, 6.45) is 3.76. The van der Waals surface area contributed by atoms with Gasteiger partial charge in [-0.05, 0) is 31.8 Å². The molecule has 1 heterocycles. The van der Waals surface area contributed by atoms with Crippen molar-refractivity contribution in [2.24, 2.45) is 16.8 Å². The number of likely N-dealkylation sites (tertiary alicyclic amines) is 1. The van der Waals surface area contributed by atoms with Crippen LogP contribution in [-0.4, -0.2) is 51.1 Å². The van der Waals surface area contributed by atoms with Crippen LogP contribution in [0.4, 0.5) is 0 Å². The number of rotatable bonds is 6. The summed E-state index contributed by atoms with van der Waals surface area (Å²) < 4.78 is 0. The zero-order valence-electron chi connectivity index (χ0n) is 12.9. The predicted octanol–water partition coefficient (Wildman–Crippen LogP) is 2.16. The van der Waals surface area contributed by atoms with Crippen molar-refractivity contribution in [2.45, 2.75) is 33.1 Å². The summed E-state index contributed by atoms with van der Waals surface area (Å²) in [6, 6.07) is 0. The average molecular weight is 382 g/mol. The van der Waals surface area contributed by atoms with Crippen molar-refractivity contribution in [2.75, 3.05) is 40.3 Å². The molecular formula is C14H31IN4. The molecule has 0 aromatic rings. The number of hydrogen-bond donors (Lipinski definition) is 2. The van der Waals surface area contributed by atoms with Gasteiger partial charge < -0.3 is 15.5 Å². The summed E-state index contributed by atoms with van der Waals surface area (Å²) in [6.45, 7) is 8.99. The summed E-state index contributed by atoms with van der Waals surface area (Å²) in [4.78, 5) is 6.68. The molecule has 1 aliphatic rings. The third-order valence-electron chi connectivity index (χ3n) is 3.98.